The molecule has 0 aliphatic rings. The van der Waals surface area contributed by atoms with E-state index in [1.54, 1.807) is 17.0 Å². The molecule has 34 heavy (non-hydrogen) atoms. The summed E-state index contributed by atoms with van der Waals surface area (Å²) in [5.41, 5.74) is 3.51. The van der Waals surface area contributed by atoms with Crippen molar-refractivity contribution in [2.24, 2.45) is 0 Å². The van der Waals surface area contributed by atoms with Crippen molar-refractivity contribution in [3.05, 3.63) is 89.0 Å². The normalized spacial score (nSPS) is 11.5. The van der Waals surface area contributed by atoms with Gasteiger partial charge in [0.05, 0.1) is 24.4 Å². The number of esters is 1. The molecule has 178 valence electrons. The number of amides is 1. The molecule has 0 fully saturated rings. The first kappa shape index (κ1) is 24.8. The number of nitrogens with zero attached hydrogens (tertiary/aromatic N) is 1. The highest BCUT2D eigenvalue weighted by atomic mass is 16.5. The largest absolute Gasteiger partial charge is 0.506 e. The zero-order chi connectivity index (χ0) is 24.7. The minimum atomic E-state index is -0.553. The summed E-state index contributed by atoms with van der Waals surface area (Å²) in [5.74, 6) is -0.0449. The summed E-state index contributed by atoms with van der Waals surface area (Å²) in [6.07, 6.45) is 1.01. The molecule has 1 atom stereocenters. The Morgan fingerprint density at radius 1 is 1.03 bits per heavy atom. The first-order valence-corrected chi connectivity index (χ1v) is 11.4. The van der Waals surface area contributed by atoms with Crippen LogP contribution in [0.3, 0.4) is 0 Å². The molecular formula is C28H31NO5. The summed E-state index contributed by atoms with van der Waals surface area (Å²) >= 11 is 0. The van der Waals surface area contributed by atoms with Gasteiger partial charge in [0.25, 0.3) is 0 Å². The van der Waals surface area contributed by atoms with E-state index in [1.165, 1.54) is 13.2 Å². The molecule has 6 heteroatoms. The molecule has 0 aromatic heterocycles. The fourth-order valence-electron chi connectivity index (χ4n) is 3.84. The topological polar surface area (TPSA) is 76.1 Å². The third kappa shape index (κ3) is 5.76. The van der Waals surface area contributed by atoms with Gasteiger partial charge >= 0.3 is 5.97 Å². The van der Waals surface area contributed by atoms with Crippen LogP contribution >= 0.6 is 0 Å². The highest BCUT2D eigenvalue weighted by Gasteiger charge is 2.26. The molecule has 0 radical (unpaired) electrons. The van der Waals surface area contributed by atoms with E-state index in [0.29, 0.717) is 25.1 Å². The number of aromatic hydroxyl groups is 1. The van der Waals surface area contributed by atoms with Crippen LogP contribution < -0.4 is 9.64 Å². The minimum Gasteiger partial charge on any atom is -0.506 e. The summed E-state index contributed by atoms with van der Waals surface area (Å²) in [5, 5.41) is 10.7. The smallest absolute Gasteiger partial charge is 0.337 e. The van der Waals surface area contributed by atoms with Crippen LogP contribution in [0.25, 0.3) is 0 Å². The summed E-state index contributed by atoms with van der Waals surface area (Å²) < 4.78 is 10.7. The van der Waals surface area contributed by atoms with E-state index in [1.807, 2.05) is 69.3 Å². The lowest BCUT2D eigenvalue weighted by molar-refractivity contribution is -0.119. The van der Waals surface area contributed by atoms with Gasteiger partial charge in [0.15, 0.2) is 0 Å². The zero-order valence-corrected chi connectivity index (χ0v) is 20.1. The van der Waals surface area contributed by atoms with Gasteiger partial charge in [-0.2, -0.15) is 0 Å². The van der Waals surface area contributed by atoms with Crippen molar-refractivity contribution in [3.8, 4) is 11.5 Å². The molecule has 3 rings (SSSR count). The van der Waals surface area contributed by atoms with Crippen molar-refractivity contribution < 1.29 is 24.2 Å². The predicted octanol–water partition coefficient (Wildman–Crippen LogP) is 5.96. The molecular weight excluding hydrogens is 430 g/mol. The van der Waals surface area contributed by atoms with Gasteiger partial charge in [-0.05, 0) is 61.2 Å². The van der Waals surface area contributed by atoms with Crippen molar-refractivity contribution >= 4 is 17.6 Å². The lowest BCUT2D eigenvalue weighted by atomic mass is 10.0. The first-order chi connectivity index (χ1) is 16.3. The molecule has 1 N–H and O–H groups in total. The maximum atomic E-state index is 13.1. The van der Waals surface area contributed by atoms with Crippen LogP contribution in [0.15, 0.2) is 66.7 Å². The molecule has 3 aromatic carbocycles. The van der Waals surface area contributed by atoms with E-state index in [9.17, 15) is 14.7 Å². The highest BCUT2D eigenvalue weighted by molar-refractivity contribution is 5.97. The number of rotatable bonds is 9. The highest BCUT2D eigenvalue weighted by Crippen LogP contribution is 2.36. The second-order valence-corrected chi connectivity index (χ2v) is 8.18. The van der Waals surface area contributed by atoms with Crippen LogP contribution in [0.5, 0.6) is 11.5 Å². The average molecular weight is 462 g/mol. The summed E-state index contributed by atoms with van der Waals surface area (Å²) in [6.45, 7) is 6.29. The number of methoxy groups -OCH3 is 1. The van der Waals surface area contributed by atoms with Gasteiger partial charge in [-0.1, -0.05) is 49.4 Å². The molecule has 3 aromatic rings. The molecule has 0 spiro atoms. The Morgan fingerprint density at radius 3 is 2.38 bits per heavy atom. The van der Waals surface area contributed by atoms with Crippen molar-refractivity contribution in [2.45, 2.75) is 46.3 Å². The van der Waals surface area contributed by atoms with Gasteiger partial charge in [-0.15, -0.1) is 0 Å². The zero-order valence-electron chi connectivity index (χ0n) is 20.1. The first-order valence-electron chi connectivity index (χ1n) is 11.4. The van der Waals surface area contributed by atoms with Crippen LogP contribution in [0.2, 0.25) is 0 Å². The van der Waals surface area contributed by atoms with E-state index >= 15 is 0 Å². The Hall–Kier alpha value is -3.80. The number of anilines is 1. The molecule has 0 saturated heterocycles. The molecule has 1 amide bonds. The van der Waals surface area contributed by atoms with Gasteiger partial charge in [-0.3, -0.25) is 4.79 Å². The number of hydrogen-bond acceptors (Lipinski definition) is 5. The number of carbonyl (C=O) groups is 2. The standard InChI is InChI=1S/C28H31NO5/c1-5-9-27(31)29(24-14-12-23(17-25(24)30)28(32)33-4)20(3)22-13-15-26(19(2)16-22)34-18-21-10-7-6-8-11-21/h6-8,10-17,20,30H,5,9,18H2,1-4H3. The monoisotopic (exact) mass is 461 g/mol. The Labute approximate surface area is 200 Å². The van der Waals surface area contributed by atoms with Gasteiger partial charge < -0.3 is 19.5 Å². The summed E-state index contributed by atoms with van der Waals surface area (Å²) in [6, 6.07) is 19.9. The lowest BCUT2D eigenvalue weighted by Crippen LogP contribution is -2.33. The van der Waals surface area contributed by atoms with Crippen molar-refractivity contribution in [3.63, 3.8) is 0 Å². The summed E-state index contributed by atoms with van der Waals surface area (Å²) in [7, 11) is 1.28. The maximum absolute atomic E-state index is 13.1. The third-order valence-corrected chi connectivity index (χ3v) is 5.69. The Kier molecular flexibility index (Phi) is 8.30. The minimum absolute atomic E-state index is 0.113. The Balaban J connectivity index is 1.88. The number of carbonyl (C=O) groups excluding carboxylic acids is 2. The number of benzene rings is 3. The number of phenolic OH excluding ortho intramolecular Hbond substituents is 1. The van der Waals surface area contributed by atoms with E-state index in [0.717, 1.165) is 22.4 Å². The predicted molar refractivity (Wildman–Crippen MR) is 132 cm³/mol. The lowest BCUT2D eigenvalue weighted by Gasteiger charge is -2.31. The van der Waals surface area contributed by atoms with Crippen LogP contribution in [-0.4, -0.2) is 24.1 Å². The molecule has 0 saturated carbocycles. The number of ether oxygens (including phenoxy) is 2. The fraction of sp³-hybridized carbons (Fsp3) is 0.286. The molecule has 0 aliphatic heterocycles. The van der Waals surface area contributed by atoms with Crippen molar-refractivity contribution in [2.75, 3.05) is 12.0 Å². The average Bonchev–Trinajstić information content (AvgIpc) is 2.84. The molecule has 0 heterocycles. The van der Waals surface area contributed by atoms with E-state index in [-0.39, 0.29) is 23.3 Å². The third-order valence-electron chi connectivity index (χ3n) is 5.69. The van der Waals surface area contributed by atoms with Gasteiger partial charge in [0.2, 0.25) is 5.91 Å². The van der Waals surface area contributed by atoms with E-state index in [2.05, 4.69) is 0 Å². The molecule has 0 aliphatic carbocycles. The molecule has 6 nitrogen and oxygen atoms in total. The van der Waals surface area contributed by atoms with Crippen molar-refractivity contribution in [1.29, 1.82) is 0 Å². The molecule has 0 bridgehead atoms. The van der Waals surface area contributed by atoms with E-state index < -0.39 is 5.97 Å². The van der Waals surface area contributed by atoms with E-state index in [4.69, 9.17) is 9.47 Å². The van der Waals surface area contributed by atoms with Crippen molar-refractivity contribution in [1.82, 2.24) is 0 Å². The van der Waals surface area contributed by atoms with Crippen LogP contribution in [-0.2, 0) is 16.1 Å². The Bertz CT molecular complexity index is 1140. The summed E-state index contributed by atoms with van der Waals surface area (Å²) in [4.78, 5) is 26.5. The van der Waals surface area contributed by atoms with Crippen LogP contribution in [0.1, 0.15) is 59.8 Å². The fourth-order valence-corrected chi connectivity index (χ4v) is 3.84. The van der Waals surface area contributed by atoms with Gasteiger partial charge in [-0.25, -0.2) is 4.79 Å². The maximum Gasteiger partial charge on any atom is 0.337 e. The Morgan fingerprint density at radius 2 is 1.76 bits per heavy atom. The quantitative estimate of drug-likeness (QED) is 0.398. The second kappa shape index (κ2) is 11.4. The number of phenols is 1. The second-order valence-electron chi connectivity index (χ2n) is 8.18. The van der Waals surface area contributed by atoms with Crippen LogP contribution in [0.4, 0.5) is 5.69 Å². The molecule has 1 unspecified atom stereocenters. The number of aryl methyl sites for hydroxylation is 1. The SMILES string of the molecule is CCCC(=O)N(c1ccc(C(=O)OC)cc1O)C(C)c1ccc(OCc2ccccc2)c(C)c1. The van der Waals surface area contributed by atoms with Gasteiger partial charge in [0.1, 0.15) is 18.1 Å². The van der Waals surface area contributed by atoms with Gasteiger partial charge in [0, 0.05) is 6.42 Å². The number of hydrogen-bond donors (Lipinski definition) is 1. The van der Waals surface area contributed by atoms with Crippen LogP contribution in [0, 0.1) is 6.92 Å².